The maximum atomic E-state index is 12.9. The molecule has 8 nitrogen and oxygen atoms in total. The second-order valence-corrected chi connectivity index (χ2v) is 21.0. The molecule has 2 N–H and O–H groups in total. The van der Waals surface area contributed by atoms with E-state index in [0.717, 1.165) is 51.4 Å². The van der Waals surface area contributed by atoms with E-state index in [2.05, 4.69) is 67.8 Å². The van der Waals surface area contributed by atoms with Crippen LogP contribution in [0.3, 0.4) is 0 Å². The van der Waals surface area contributed by atoms with Crippen molar-refractivity contribution in [1.29, 1.82) is 0 Å². The fourth-order valence-corrected chi connectivity index (χ4v) is 8.37. The number of quaternary nitrogens is 1. The van der Waals surface area contributed by atoms with Gasteiger partial charge in [-0.3, -0.25) is 9.36 Å². The quantitative estimate of drug-likeness (QED) is 0.0272. The fourth-order valence-electron chi connectivity index (χ4n) is 7.65. The normalized spacial score (nSPS) is 14.5. The molecule has 0 aromatic carbocycles. The number of phosphoric ester groups is 1. The first-order chi connectivity index (χ1) is 31.5. The highest BCUT2D eigenvalue weighted by atomic mass is 31.2. The number of hydrogen-bond acceptors (Lipinski definition) is 6. The molecule has 3 atom stereocenters. The molecular formula is C56H105N2O6P. The van der Waals surface area contributed by atoms with Crippen molar-refractivity contribution < 1.29 is 32.9 Å². The minimum absolute atomic E-state index is 0.00895. The van der Waals surface area contributed by atoms with Crippen molar-refractivity contribution in [3.8, 4) is 0 Å². The molecule has 0 aromatic heterocycles. The molecule has 0 spiro atoms. The number of amides is 1. The number of likely N-dealkylation sites (N-methyl/N-ethyl adjacent to an activating group) is 1. The summed E-state index contributed by atoms with van der Waals surface area (Å²) in [6.45, 7) is 4.62. The van der Waals surface area contributed by atoms with Crippen LogP contribution in [0.4, 0.5) is 0 Å². The van der Waals surface area contributed by atoms with Crippen LogP contribution in [0.15, 0.2) is 60.8 Å². The Hall–Kier alpha value is -1.80. The molecule has 9 heteroatoms. The zero-order chi connectivity index (χ0) is 47.8. The molecule has 0 aliphatic rings. The number of nitrogens with one attached hydrogen (secondary N) is 1. The van der Waals surface area contributed by atoms with Gasteiger partial charge in [-0.15, -0.1) is 0 Å². The maximum Gasteiger partial charge on any atom is 0.268 e. The summed E-state index contributed by atoms with van der Waals surface area (Å²) in [6, 6.07) is -0.908. The van der Waals surface area contributed by atoms with Crippen molar-refractivity contribution in [2.75, 3.05) is 40.9 Å². The van der Waals surface area contributed by atoms with E-state index in [-0.39, 0.29) is 12.5 Å². The molecule has 0 fully saturated rings. The van der Waals surface area contributed by atoms with E-state index in [1.54, 1.807) is 6.08 Å². The van der Waals surface area contributed by atoms with Crippen molar-refractivity contribution in [1.82, 2.24) is 5.32 Å². The van der Waals surface area contributed by atoms with E-state index in [9.17, 15) is 19.4 Å². The van der Waals surface area contributed by atoms with Crippen LogP contribution < -0.4 is 10.2 Å². The van der Waals surface area contributed by atoms with Crippen LogP contribution >= 0.6 is 7.82 Å². The predicted octanol–water partition coefficient (Wildman–Crippen LogP) is 15.5. The topological polar surface area (TPSA) is 108 Å². The van der Waals surface area contributed by atoms with Crippen LogP contribution in [0, 0.1) is 0 Å². The first-order valence-corrected chi connectivity index (χ1v) is 28.6. The predicted molar refractivity (Wildman–Crippen MR) is 279 cm³/mol. The number of nitrogens with zero attached hydrogens (tertiary/aromatic N) is 1. The summed E-state index contributed by atoms with van der Waals surface area (Å²) >= 11 is 0. The van der Waals surface area contributed by atoms with Gasteiger partial charge in [0, 0.05) is 6.42 Å². The van der Waals surface area contributed by atoms with Crippen LogP contribution in [-0.4, -0.2) is 68.5 Å². The molecule has 3 unspecified atom stereocenters. The molecule has 1 amide bonds. The third-order valence-electron chi connectivity index (χ3n) is 11.9. The molecule has 0 saturated carbocycles. The largest absolute Gasteiger partial charge is 0.756 e. The summed E-state index contributed by atoms with van der Waals surface area (Å²) in [5, 5.41) is 13.8. The smallest absolute Gasteiger partial charge is 0.268 e. The van der Waals surface area contributed by atoms with Gasteiger partial charge in [0.05, 0.1) is 39.9 Å². The summed E-state index contributed by atoms with van der Waals surface area (Å²) in [4.78, 5) is 25.4. The van der Waals surface area contributed by atoms with Crippen LogP contribution in [-0.2, 0) is 18.4 Å². The van der Waals surface area contributed by atoms with Crippen molar-refractivity contribution in [3.05, 3.63) is 60.8 Å². The lowest BCUT2D eigenvalue weighted by molar-refractivity contribution is -0.870. The Bertz CT molecular complexity index is 1240. The second kappa shape index (κ2) is 47.3. The van der Waals surface area contributed by atoms with Gasteiger partial charge in [-0.2, -0.15) is 0 Å². The summed E-state index contributed by atoms with van der Waals surface area (Å²) in [6.07, 6.45) is 62.8. The Morgan fingerprint density at radius 3 is 1.35 bits per heavy atom. The van der Waals surface area contributed by atoms with Gasteiger partial charge < -0.3 is 28.8 Å². The third-order valence-corrected chi connectivity index (χ3v) is 12.9. The van der Waals surface area contributed by atoms with E-state index in [4.69, 9.17) is 9.05 Å². The average molecular weight is 933 g/mol. The molecule has 65 heavy (non-hydrogen) atoms. The number of aliphatic hydroxyl groups is 1. The molecule has 0 heterocycles. The zero-order valence-electron chi connectivity index (χ0n) is 43.2. The van der Waals surface area contributed by atoms with E-state index >= 15 is 0 Å². The molecule has 0 saturated heterocycles. The van der Waals surface area contributed by atoms with Gasteiger partial charge in [0.25, 0.3) is 7.82 Å². The Morgan fingerprint density at radius 1 is 0.538 bits per heavy atom. The van der Waals surface area contributed by atoms with Crippen LogP contribution in [0.2, 0.25) is 0 Å². The highest BCUT2D eigenvalue weighted by Crippen LogP contribution is 2.38. The Labute approximate surface area is 402 Å². The standard InChI is InChI=1S/C56H105N2O6P/c1-6-8-10-12-14-16-18-20-22-24-26-27-28-29-30-31-32-34-36-38-40-42-44-46-48-50-56(60)57-54(53-64-65(61,62)63-52-51-58(3,4)5)55(59)49-47-45-43-41-39-37-35-33-25-23-21-19-17-15-13-11-9-7-2/h18,20,24,26,28-29,39,41,47,49,54-55,59H,6-17,19,21-23,25,27,30-38,40,42-46,48,50-53H2,1-5H3,(H-,57,60,61,62)/b20-18-,26-24-,29-28-,41-39+,49-47+. The molecular weight excluding hydrogens is 828 g/mol. The number of phosphoric acid groups is 1. The van der Waals surface area contributed by atoms with Crippen LogP contribution in [0.1, 0.15) is 239 Å². The highest BCUT2D eigenvalue weighted by Gasteiger charge is 2.23. The Balaban J connectivity index is 4.30. The monoisotopic (exact) mass is 933 g/mol. The van der Waals surface area contributed by atoms with Crippen LogP contribution in [0.5, 0.6) is 0 Å². The van der Waals surface area contributed by atoms with Crippen molar-refractivity contribution >= 4 is 13.7 Å². The van der Waals surface area contributed by atoms with Gasteiger partial charge in [0.15, 0.2) is 0 Å². The molecule has 0 rings (SSSR count). The third kappa shape index (κ3) is 49.9. The lowest BCUT2D eigenvalue weighted by atomic mass is 10.0. The molecule has 0 radical (unpaired) electrons. The molecule has 0 bridgehead atoms. The van der Waals surface area contributed by atoms with E-state index in [0.29, 0.717) is 17.4 Å². The van der Waals surface area contributed by atoms with Gasteiger partial charge in [-0.1, -0.05) is 222 Å². The van der Waals surface area contributed by atoms with E-state index in [1.165, 1.54) is 167 Å². The number of rotatable bonds is 49. The highest BCUT2D eigenvalue weighted by molar-refractivity contribution is 7.45. The van der Waals surface area contributed by atoms with Gasteiger partial charge in [0.1, 0.15) is 13.2 Å². The van der Waals surface area contributed by atoms with Gasteiger partial charge in [-0.25, -0.2) is 0 Å². The molecule has 0 aliphatic carbocycles. The number of carbonyl (C=O) groups excluding carboxylic acids is 1. The fraction of sp³-hybridized carbons (Fsp3) is 0.804. The number of hydrogen-bond donors (Lipinski definition) is 2. The lowest BCUT2D eigenvalue weighted by Gasteiger charge is -2.29. The first-order valence-electron chi connectivity index (χ1n) is 27.2. The first kappa shape index (κ1) is 63.2. The summed E-state index contributed by atoms with van der Waals surface area (Å²) in [5.74, 6) is -0.212. The summed E-state index contributed by atoms with van der Waals surface area (Å²) in [5.41, 5.74) is 0. The Morgan fingerprint density at radius 2 is 0.908 bits per heavy atom. The molecule has 380 valence electrons. The van der Waals surface area contributed by atoms with Gasteiger partial charge in [0.2, 0.25) is 5.91 Å². The second-order valence-electron chi connectivity index (χ2n) is 19.6. The number of allylic oxidation sites excluding steroid dienone is 9. The zero-order valence-corrected chi connectivity index (χ0v) is 44.1. The maximum absolute atomic E-state index is 12.9. The summed E-state index contributed by atoms with van der Waals surface area (Å²) in [7, 11) is 1.24. The average Bonchev–Trinajstić information content (AvgIpc) is 3.26. The SMILES string of the molecule is CCCCCCC/C=C\C/C=C\C/C=C\CCCCCCCCCCCCC(=O)NC(COP(=O)([O-])OCC[N+](C)(C)C)C(O)/C=C/CC/C=C/CCCCCCCCCCCCCC. The lowest BCUT2D eigenvalue weighted by Crippen LogP contribution is -2.45. The summed E-state index contributed by atoms with van der Waals surface area (Å²) < 4.78 is 23.3. The number of carbonyl (C=O) groups is 1. The van der Waals surface area contributed by atoms with Crippen molar-refractivity contribution in [2.45, 2.75) is 251 Å². The number of aliphatic hydroxyl groups excluding tert-OH is 1. The number of unbranched alkanes of at least 4 members (excludes halogenated alkanes) is 28. The minimum Gasteiger partial charge on any atom is -0.756 e. The Kier molecular flexibility index (Phi) is 46.0. The van der Waals surface area contributed by atoms with Crippen LogP contribution in [0.25, 0.3) is 0 Å². The van der Waals surface area contributed by atoms with Gasteiger partial charge >= 0.3 is 0 Å². The van der Waals surface area contributed by atoms with Gasteiger partial charge in [-0.05, 0) is 70.6 Å². The van der Waals surface area contributed by atoms with E-state index < -0.39 is 26.6 Å². The molecule has 0 aromatic rings. The van der Waals surface area contributed by atoms with E-state index in [1.807, 2.05) is 27.2 Å². The molecule has 0 aliphatic heterocycles. The van der Waals surface area contributed by atoms with Crippen molar-refractivity contribution in [3.63, 3.8) is 0 Å². The van der Waals surface area contributed by atoms with Crippen molar-refractivity contribution in [2.24, 2.45) is 0 Å². The minimum atomic E-state index is -4.61.